The molecule has 0 unspecified atom stereocenters. The first-order chi connectivity index (χ1) is 15.2. The van der Waals surface area contributed by atoms with Crippen molar-refractivity contribution in [2.45, 2.75) is 52.0 Å². The molecule has 2 aromatic carbocycles. The number of esters is 1. The van der Waals surface area contributed by atoms with Gasteiger partial charge in [-0.05, 0) is 37.5 Å². The quantitative estimate of drug-likeness (QED) is 0.477. The van der Waals surface area contributed by atoms with Crippen LogP contribution in [0.5, 0.6) is 0 Å². The van der Waals surface area contributed by atoms with Crippen LogP contribution in [0.3, 0.4) is 0 Å². The van der Waals surface area contributed by atoms with Gasteiger partial charge in [0.05, 0.1) is 7.11 Å². The van der Waals surface area contributed by atoms with Crippen molar-refractivity contribution in [2.75, 3.05) is 7.11 Å². The predicted molar refractivity (Wildman–Crippen MR) is 119 cm³/mol. The molecule has 0 spiro atoms. The van der Waals surface area contributed by atoms with Crippen LogP contribution in [0.1, 0.15) is 37.5 Å². The van der Waals surface area contributed by atoms with Crippen LogP contribution < -0.4 is 10.6 Å². The monoisotopic (exact) mass is 442 g/mol. The molecule has 0 bridgehead atoms. The molecule has 172 valence electrons. The first kappa shape index (κ1) is 24.7. The Labute approximate surface area is 188 Å². The summed E-state index contributed by atoms with van der Waals surface area (Å²) >= 11 is 0. The summed E-state index contributed by atoms with van der Waals surface area (Å²) in [6, 6.07) is 15.8. The van der Waals surface area contributed by atoms with Gasteiger partial charge in [-0.2, -0.15) is 0 Å². The van der Waals surface area contributed by atoms with Gasteiger partial charge >= 0.3 is 18.2 Å². The second-order valence-electron chi connectivity index (χ2n) is 8.16. The van der Waals surface area contributed by atoms with Crippen LogP contribution in [0, 0.1) is 0 Å². The van der Waals surface area contributed by atoms with E-state index in [9.17, 15) is 14.4 Å². The molecule has 2 N–H and O–H groups in total. The Kier molecular flexibility index (Phi) is 9.07. The van der Waals surface area contributed by atoms with Gasteiger partial charge in [0.2, 0.25) is 0 Å². The standard InChI is InChI=1S/C24H30N2O6/c1-24(2,3)32-23(29)26-20(21(27)30-4)14-17-10-12-18(13-11-17)15-25-22(28)31-16-19-8-6-5-7-9-19/h5-13,20H,14-16H2,1-4H3,(H,25,28)(H,26,29)/t20-/m0/s1. The smallest absolute Gasteiger partial charge is 0.408 e. The van der Waals surface area contributed by atoms with Crippen molar-refractivity contribution < 1.29 is 28.6 Å². The summed E-state index contributed by atoms with van der Waals surface area (Å²) in [6.45, 7) is 5.72. The number of nitrogens with one attached hydrogen (secondary N) is 2. The molecular weight excluding hydrogens is 412 g/mol. The number of rotatable bonds is 8. The average Bonchev–Trinajstić information content (AvgIpc) is 2.75. The van der Waals surface area contributed by atoms with E-state index in [0.29, 0.717) is 6.54 Å². The lowest BCUT2D eigenvalue weighted by atomic mass is 10.0. The third-order valence-electron chi connectivity index (χ3n) is 4.29. The molecule has 2 rings (SSSR count). The third-order valence-corrected chi connectivity index (χ3v) is 4.29. The number of alkyl carbamates (subject to hydrolysis) is 2. The van der Waals surface area contributed by atoms with Crippen LogP contribution >= 0.6 is 0 Å². The van der Waals surface area contributed by atoms with E-state index in [0.717, 1.165) is 16.7 Å². The molecule has 2 amide bonds. The van der Waals surface area contributed by atoms with Gasteiger partial charge in [-0.3, -0.25) is 0 Å². The fourth-order valence-electron chi connectivity index (χ4n) is 2.76. The molecule has 0 fully saturated rings. The number of benzene rings is 2. The van der Waals surface area contributed by atoms with E-state index < -0.39 is 29.8 Å². The number of carbonyl (C=O) groups is 3. The summed E-state index contributed by atoms with van der Waals surface area (Å²) in [6.07, 6.45) is -0.966. The van der Waals surface area contributed by atoms with Crippen molar-refractivity contribution in [3.05, 3.63) is 71.3 Å². The molecule has 0 aliphatic carbocycles. The topological polar surface area (TPSA) is 103 Å². The lowest BCUT2D eigenvalue weighted by Crippen LogP contribution is -2.45. The molecule has 32 heavy (non-hydrogen) atoms. The van der Waals surface area contributed by atoms with Crippen LogP contribution in [0.2, 0.25) is 0 Å². The highest BCUT2D eigenvalue weighted by Crippen LogP contribution is 2.11. The fraction of sp³-hybridized carbons (Fsp3) is 0.375. The first-order valence-corrected chi connectivity index (χ1v) is 10.3. The van der Waals surface area contributed by atoms with E-state index in [1.165, 1.54) is 7.11 Å². The Bertz CT molecular complexity index is 891. The zero-order chi connectivity index (χ0) is 23.6. The second kappa shape index (κ2) is 11.7. The Hall–Kier alpha value is -3.55. The van der Waals surface area contributed by atoms with Gasteiger partial charge < -0.3 is 24.8 Å². The van der Waals surface area contributed by atoms with Crippen LogP contribution in [0.15, 0.2) is 54.6 Å². The highest BCUT2D eigenvalue weighted by atomic mass is 16.6. The summed E-state index contributed by atoms with van der Waals surface area (Å²) < 4.78 is 15.2. The van der Waals surface area contributed by atoms with Gasteiger partial charge in [0.25, 0.3) is 0 Å². The Morgan fingerprint density at radius 2 is 1.50 bits per heavy atom. The van der Waals surface area contributed by atoms with Crippen LogP contribution in [-0.4, -0.2) is 36.9 Å². The van der Waals surface area contributed by atoms with E-state index in [1.54, 1.807) is 20.8 Å². The third kappa shape index (κ3) is 9.07. The van der Waals surface area contributed by atoms with Crippen molar-refractivity contribution >= 4 is 18.2 Å². The Morgan fingerprint density at radius 3 is 2.09 bits per heavy atom. The lowest BCUT2D eigenvalue weighted by Gasteiger charge is -2.22. The largest absolute Gasteiger partial charge is 0.467 e. The fourth-order valence-corrected chi connectivity index (χ4v) is 2.76. The molecule has 0 aliphatic heterocycles. The number of hydrogen-bond acceptors (Lipinski definition) is 6. The van der Waals surface area contributed by atoms with Crippen molar-refractivity contribution in [1.82, 2.24) is 10.6 Å². The van der Waals surface area contributed by atoms with Crippen molar-refractivity contribution in [2.24, 2.45) is 0 Å². The Morgan fingerprint density at radius 1 is 0.875 bits per heavy atom. The number of ether oxygens (including phenoxy) is 3. The number of amides is 2. The normalized spacial score (nSPS) is 11.8. The van der Waals surface area contributed by atoms with Gasteiger partial charge in [-0.1, -0.05) is 54.6 Å². The van der Waals surface area contributed by atoms with E-state index >= 15 is 0 Å². The molecule has 0 heterocycles. The highest BCUT2D eigenvalue weighted by molar-refractivity contribution is 5.81. The summed E-state index contributed by atoms with van der Waals surface area (Å²) in [5, 5.41) is 5.24. The maximum Gasteiger partial charge on any atom is 0.408 e. The second-order valence-corrected chi connectivity index (χ2v) is 8.16. The molecule has 0 saturated carbocycles. The molecule has 2 aromatic rings. The molecule has 0 aromatic heterocycles. The molecule has 8 heteroatoms. The number of methoxy groups -OCH3 is 1. The van der Waals surface area contributed by atoms with Gasteiger partial charge in [0.15, 0.2) is 0 Å². The minimum atomic E-state index is -0.883. The molecule has 1 atom stereocenters. The van der Waals surface area contributed by atoms with E-state index in [-0.39, 0.29) is 13.0 Å². The first-order valence-electron chi connectivity index (χ1n) is 10.3. The minimum Gasteiger partial charge on any atom is -0.467 e. The minimum absolute atomic E-state index is 0.200. The van der Waals surface area contributed by atoms with Crippen LogP contribution in [-0.2, 0) is 38.6 Å². The van der Waals surface area contributed by atoms with Gasteiger partial charge in [-0.15, -0.1) is 0 Å². The zero-order valence-corrected chi connectivity index (χ0v) is 18.8. The van der Waals surface area contributed by atoms with Crippen molar-refractivity contribution in [3.8, 4) is 0 Å². The average molecular weight is 443 g/mol. The highest BCUT2D eigenvalue weighted by Gasteiger charge is 2.25. The van der Waals surface area contributed by atoms with Crippen LogP contribution in [0.25, 0.3) is 0 Å². The molecule has 0 radical (unpaired) electrons. The van der Waals surface area contributed by atoms with E-state index in [4.69, 9.17) is 14.2 Å². The number of hydrogen-bond donors (Lipinski definition) is 2. The van der Waals surface area contributed by atoms with E-state index in [1.807, 2.05) is 54.6 Å². The Balaban J connectivity index is 1.85. The summed E-state index contributed by atoms with van der Waals surface area (Å²) in [5.41, 5.74) is 1.90. The van der Waals surface area contributed by atoms with Gasteiger partial charge in [0.1, 0.15) is 18.2 Å². The number of carbonyl (C=O) groups excluding carboxylic acids is 3. The van der Waals surface area contributed by atoms with Gasteiger partial charge in [0, 0.05) is 13.0 Å². The molecule has 0 saturated heterocycles. The van der Waals surface area contributed by atoms with Crippen LogP contribution in [0.4, 0.5) is 9.59 Å². The molecular formula is C24H30N2O6. The SMILES string of the molecule is COC(=O)[C@H](Cc1ccc(CNC(=O)OCc2ccccc2)cc1)NC(=O)OC(C)(C)C. The van der Waals surface area contributed by atoms with E-state index in [2.05, 4.69) is 10.6 Å². The lowest BCUT2D eigenvalue weighted by molar-refractivity contribution is -0.143. The molecule has 8 nitrogen and oxygen atoms in total. The maximum atomic E-state index is 12.1. The van der Waals surface area contributed by atoms with Crippen molar-refractivity contribution in [1.29, 1.82) is 0 Å². The summed E-state index contributed by atoms with van der Waals surface area (Å²) in [7, 11) is 1.26. The summed E-state index contributed by atoms with van der Waals surface area (Å²) in [5.74, 6) is -0.567. The maximum absolute atomic E-state index is 12.1. The predicted octanol–water partition coefficient (Wildman–Crippen LogP) is 3.72. The van der Waals surface area contributed by atoms with Gasteiger partial charge in [-0.25, -0.2) is 14.4 Å². The zero-order valence-electron chi connectivity index (χ0n) is 18.8. The molecule has 0 aliphatic rings. The summed E-state index contributed by atoms with van der Waals surface area (Å²) in [4.78, 5) is 36.0. The van der Waals surface area contributed by atoms with Crippen molar-refractivity contribution in [3.63, 3.8) is 0 Å².